The highest BCUT2D eigenvalue weighted by Crippen LogP contribution is 2.31. The van der Waals surface area contributed by atoms with E-state index < -0.39 is 131 Å². The average molecular weight is 1250 g/mol. The van der Waals surface area contributed by atoms with E-state index in [0.717, 1.165) is 0 Å². The highest BCUT2D eigenvalue weighted by Gasteiger charge is 2.44. The lowest BCUT2D eigenvalue weighted by Gasteiger charge is -2.41. The van der Waals surface area contributed by atoms with Crippen LogP contribution in [-0.4, -0.2) is 175 Å². The summed E-state index contributed by atoms with van der Waals surface area (Å²) in [6, 6.07) is 9.51. The van der Waals surface area contributed by atoms with Gasteiger partial charge in [-0.15, -0.1) is 0 Å². The number of carbonyl (C=O) groups excluding carboxylic acids is 7. The van der Waals surface area contributed by atoms with Crippen LogP contribution in [0, 0.1) is 29.6 Å². The summed E-state index contributed by atoms with van der Waals surface area (Å²) < 4.78 is 23.0. The second-order valence-electron chi connectivity index (χ2n) is 24.3. The zero-order valence-electron chi connectivity index (χ0n) is 54.6. The van der Waals surface area contributed by atoms with E-state index in [1.165, 1.54) is 26.2 Å². The molecule has 0 bridgehead atoms. The third kappa shape index (κ3) is 20.2. The van der Waals surface area contributed by atoms with Gasteiger partial charge in [-0.1, -0.05) is 111 Å². The van der Waals surface area contributed by atoms with Crippen molar-refractivity contribution in [2.24, 2.45) is 35.3 Å². The molecule has 1 aliphatic rings. The molecule has 4 rings (SSSR count). The van der Waals surface area contributed by atoms with Crippen LogP contribution in [0.4, 0.5) is 16.2 Å². The molecule has 10 N–H and O–H groups in total. The lowest BCUT2D eigenvalue weighted by Crippen LogP contribution is -2.60. The van der Waals surface area contributed by atoms with Crippen LogP contribution < -0.4 is 53.2 Å². The number of nitrogens with two attached hydrogens (primary N) is 1. The van der Waals surface area contributed by atoms with Gasteiger partial charge in [-0.3, -0.25) is 54.3 Å². The van der Waals surface area contributed by atoms with Crippen molar-refractivity contribution in [3.8, 4) is 5.75 Å². The third-order valence-corrected chi connectivity index (χ3v) is 16.7. The molecule has 0 aliphatic carbocycles. The summed E-state index contributed by atoms with van der Waals surface area (Å²) in [6.07, 6.45) is -2.27. The second kappa shape index (κ2) is 35.4. The zero-order chi connectivity index (χ0) is 66.6. The van der Waals surface area contributed by atoms with E-state index in [1.807, 2.05) is 32.0 Å². The predicted octanol–water partition coefficient (Wildman–Crippen LogP) is 3.74. The van der Waals surface area contributed by atoms with Gasteiger partial charge in [-0.2, -0.15) is 0 Å². The molecule has 1 heterocycles. The van der Waals surface area contributed by atoms with Gasteiger partial charge in [0.2, 0.25) is 35.4 Å². The third-order valence-electron chi connectivity index (χ3n) is 16.7. The largest absolute Gasteiger partial charge is 0.488 e. The number of benzene rings is 2. The second-order valence-corrected chi connectivity index (χ2v) is 24.3. The number of likely N-dealkylation sites (tertiary alicyclic amines) is 1. The van der Waals surface area contributed by atoms with Gasteiger partial charge >= 0.3 is 6.09 Å². The summed E-state index contributed by atoms with van der Waals surface area (Å²) in [5.41, 5.74) is 5.22. The van der Waals surface area contributed by atoms with E-state index in [9.17, 15) is 53.4 Å². The highest BCUT2D eigenvalue weighted by atomic mass is 16.6. The first-order valence-electron chi connectivity index (χ1n) is 31.0. The minimum atomic E-state index is -1.30. The maximum Gasteiger partial charge on any atom is 0.410 e. The molecule has 1 fully saturated rings. The first-order chi connectivity index (χ1) is 42.0. The number of carbonyl (C=O) groups is 7. The van der Waals surface area contributed by atoms with Crippen LogP contribution in [0.15, 0.2) is 64.2 Å². The predicted molar refractivity (Wildman–Crippen MR) is 338 cm³/mol. The molecule has 89 heavy (non-hydrogen) atoms. The van der Waals surface area contributed by atoms with E-state index in [0.29, 0.717) is 49.0 Å². The molecule has 25 nitrogen and oxygen atoms in total. The number of aliphatic hydroxyl groups excluding tert-OH is 2. The Morgan fingerprint density at radius 1 is 0.753 bits per heavy atom. The molecule has 0 radical (unpaired) electrons. The molecule has 3 aromatic rings. The topological polar surface area (TPSA) is 339 Å². The molecule has 13 unspecified atom stereocenters. The number of likely N-dealkylation sites (N-methyl/N-ethyl adjacent to an activating group) is 2. The number of aliphatic hydroxyl groups is 2. The molecule has 25 heteroatoms. The molecule has 3 aromatic carbocycles. The Labute approximate surface area is 523 Å². The van der Waals surface area contributed by atoms with Gasteiger partial charge in [0, 0.05) is 40.5 Å². The van der Waals surface area contributed by atoms with Crippen molar-refractivity contribution in [3.63, 3.8) is 0 Å². The Morgan fingerprint density at radius 2 is 1.39 bits per heavy atom. The summed E-state index contributed by atoms with van der Waals surface area (Å²) >= 11 is 0. The van der Waals surface area contributed by atoms with Gasteiger partial charge in [0.15, 0.2) is 12.1 Å². The van der Waals surface area contributed by atoms with Gasteiger partial charge < -0.3 is 65.5 Å². The Morgan fingerprint density at radius 3 is 1.96 bits per heavy atom. The van der Waals surface area contributed by atoms with Crippen LogP contribution in [0.5, 0.6) is 5.75 Å². The molecule has 13 atom stereocenters. The summed E-state index contributed by atoms with van der Waals surface area (Å²) in [7, 11) is 6.08. The number of ether oxygens (including phenoxy) is 4. The molecule has 0 spiro atoms. The monoisotopic (exact) mass is 1250 g/mol. The van der Waals surface area contributed by atoms with Gasteiger partial charge in [-0.05, 0) is 93.0 Å². The van der Waals surface area contributed by atoms with Crippen molar-refractivity contribution in [1.82, 2.24) is 36.0 Å². The summed E-state index contributed by atoms with van der Waals surface area (Å²) in [6.45, 7) is 20.2. The van der Waals surface area contributed by atoms with Crippen LogP contribution in [0.1, 0.15) is 132 Å². The Kier molecular flexibility index (Phi) is 29.6. The molecule has 1 saturated heterocycles. The number of rotatable bonds is 36. The molecular formula is C64H100N10O15. The molecule has 0 saturated carbocycles. The number of nitrogens with one attached hydrogen (secondary N) is 6. The standard InChI is InChI=1S/C64H100N10O15/c1-16-38(9)52(46(86-14)33-47(75)74-32-22-26-45(74)56(87-15)39(10)58(79)67-40(11)53(76)42-23-19-18-20-24-42)72(12)62(83)49(36(5)6)71-61(82)51(37(7)8)73(13)64(85)89-34-41-27-29-43(30-28-41)68-59(80)44(25-21-31-66-63(65)84)69-60(81)48(35(3)4)70-50-54(77)55(78)57(50)88-17-2/h18-20,23-24,27-30,35-40,44-46,48-49,51-53,56,63,66,70,76,84H,16-17,21-22,25-26,31-34,65H2,1-15H3,(H,67,79)(H,68,80)(H,69,81)(H,71,82). The number of nitrogens with zero attached hydrogens (tertiary/aromatic N) is 3. The number of amides is 7. The number of hydrogen-bond acceptors (Lipinski definition) is 18. The number of hydrogen-bond donors (Lipinski definition) is 9. The summed E-state index contributed by atoms with van der Waals surface area (Å²) in [5.74, 6) is -5.05. The zero-order valence-corrected chi connectivity index (χ0v) is 54.6. The SMILES string of the molecule is CCOc1c(NC(C(=O)NC(CCCNC(N)O)C(=O)Nc2ccc(COC(=O)N(C)C(C(=O)NC(C(=O)N(C)C(C(C)CC)C(CC(=O)N3CCCC3C(OC)C(C)C(=O)NC(C)C(O)c3ccccc3)OC)C(C)C)C(C)C)cc2)C(C)C)c(=O)c1=O. The first-order valence-corrected chi connectivity index (χ1v) is 31.0. The van der Waals surface area contributed by atoms with Crippen LogP contribution in [0.3, 0.4) is 0 Å². The van der Waals surface area contributed by atoms with Crippen molar-refractivity contribution in [2.45, 2.75) is 188 Å². The quantitative estimate of drug-likeness (QED) is 0.0227. The maximum absolute atomic E-state index is 14.8. The van der Waals surface area contributed by atoms with Crippen LogP contribution >= 0.6 is 0 Å². The molecule has 7 amide bonds. The van der Waals surface area contributed by atoms with Crippen molar-refractivity contribution < 1.29 is 62.7 Å². The van der Waals surface area contributed by atoms with Crippen molar-refractivity contribution >= 4 is 52.9 Å². The van der Waals surface area contributed by atoms with E-state index in [1.54, 1.807) is 116 Å². The van der Waals surface area contributed by atoms with Crippen LogP contribution in [0.2, 0.25) is 0 Å². The molecule has 496 valence electrons. The average Bonchev–Trinajstić information content (AvgIpc) is 1.28. The minimum Gasteiger partial charge on any atom is -0.488 e. The lowest BCUT2D eigenvalue weighted by molar-refractivity contribution is -0.148. The van der Waals surface area contributed by atoms with Crippen molar-refractivity contribution in [2.75, 3.05) is 58.6 Å². The number of anilines is 2. The molecule has 0 aromatic heterocycles. The van der Waals surface area contributed by atoms with Crippen molar-refractivity contribution in [1.29, 1.82) is 0 Å². The van der Waals surface area contributed by atoms with E-state index in [4.69, 9.17) is 24.7 Å². The summed E-state index contributed by atoms with van der Waals surface area (Å²) in [4.78, 5) is 128. The smallest absolute Gasteiger partial charge is 0.410 e. The van der Waals surface area contributed by atoms with E-state index in [-0.39, 0.29) is 61.8 Å². The molecule has 1 aliphatic heterocycles. The first kappa shape index (κ1) is 74.4. The summed E-state index contributed by atoms with van der Waals surface area (Å²) in [5, 5.41) is 37.3. The van der Waals surface area contributed by atoms with Gasteiger partial charge in [0.05, 0.1) is 55.4 Å². The maximum atomic E-state index is 14.8. The number of methoxy groups -OCH3 is 2. The Hall–Kier alpha value is -7.03. The lowest BCUT2D eigenvalue weighted by atomic mass is 9.89. The van der Waals surface area contributed by atoms with Gasteiger partial charge in [-0.25, -0.2) is 4.79 Å². The van der Waals surface area contributed by atoms with Crippen molar-refractivity contribution in [3.05, 3.63) is 86.2 Å². The van der Waals surface area contributed by atoms with Crippen LogP contribution in [0.25, 0.3) is 0 Å². The van der Waals surface area contributed by atoms with E-state index >= 15 is 0 Å². The fourth-order valence-electron chi connectivity index (χ4n) is 11.4. The minimum absolute atomic E-state index is 0.0890. The van der Waals surface area contributed by atoms with Gasteiger partial charge in [0.1, 0.15) is 36.5 Å². The normalized spacial score (nSPS) is 17.4. The Bertz CT molecular complexity index is 2850. The van der Waals surface area contributed by atoms with E-state index in [2.05, 4.69) is 31.9 Å². The Balaban J connectivity index is 1.41. The fraction of sp³-hybridized carbons (Fsp3) is 0.641. The fourth-order valence-corrected chi connectivity index (χ4v) is 11.4. The van der Waals surface area contributed by atoms with Crippen LogP contribution in [-0.2, 0) is 49.6 Å². The van der Waals surface area contributed by atoms with Gasteiger partial charge in [0.25, 0.3) is 10.9 Å². The molecular weight excluding hydrogens is 1150 g/mol. The highest BCUT2D eigenvalue weighted by molar-refractivity contribution is 5.98.